The number of hydrogen-bond acceptors (Lipinski definition) is 5. The summed E-state index contributed by atoms with van der Waals surface area (Å²) >= 11 is 0. The molecule has 0 saturated carbocycles. The Balaban J connectivity index is 3.43. The Hall–Kier alpha value is -1.76. The Morgan fingerprint density at radius 2 is 1.80 bits per heavy atom. The number of hydroxylamine groups is 1. The van der Waals surface area contributed by atoms with Crippen molar-refractivity contribution in [2.75, 3.05) is 0 Å². The highest BCUT2D eigenvalue weighted by Gasteiger charge is 2.57. The van der Waals surface area contributed by atoms with E-state index in [4.69, 9.17) is 5.21 Å². The Bertz CT molecular complexity index is 550. The number of rotatable bonds is 7. The topological polar surface area (TPSA) is 104 Å². The van der Waals surface area contributed by atoms with Gasteiger partial charge in [-0.25, -0.2) is 5.48 Å². The van der Waals surface area contributed by atoms with E-state index < -0.39 is 46.9 Å². The molecule has 7 heteroatoms. The smallest absolute Gasteiger partial charge is 0.291 e. The molecule has 1 heterocycles. The van der Waals surface area contributed by atoms with Gasteiger partial charge in [-0.1, -0.05) is 54.4 Å². The van der Waals surface area contributed by atoms with Crippen LogP contribution in [0.5, 0.6) is 0 Å². The maximum absolute atomic E-state index is 12.7. The average Bonchev–Trinajstić information content (AvgIpc) is 2.79. The van der Waals surface area contributed by atoms with Crippen molar-refractivity contribution >= 4 is 23.4 Å². The summed E-state index contributed by atoms with van der Waals surface area (Å²) in [4.78, 5) is 51.3. The van der Waals surface area contributed by atoms with Gasteiger partial charge in [-0.3, -0.25) is 24.4 Å². The molecule has 0 aromatic rings. The van der Waals surface area contributed by atoms with Crippen molar-refractivity contribution in [3.05, 3.63) is 0 Å². The van der Waals surface area contributed by atoms with E-state index in [1.54, 1.807) is 19.3 Å². The molecule has 3 atom stereocenters. The van der Waals surface area contributed by atoms with Gasteiger partial charge in [0.05, 0.1) is 6.04 Å². The number of unbranched alkanes of at least 4 members (excludes halogenated alkanes) is 1. The molecule has 7 nitrogen and oxygen atoms in total. The highest BCUT2D eigenvalue weighted by Crippen LogP contribution is 2.39. The molecule has 0 aromatic heterocycles. The second-order valence-corrected chi connectivity index (χ2v) is 8.06. The quantitative estimate of drug-likeness (QED) is 0.313. The number of nitrogens with zero attached hydrogens (tertiary/aromatic N) is 1. The molecule has 25 heavy (non-hydrogen) atoms. The first-order valence-electron chi connectivity index (χ1n) is 8.83. The second kappa shape index (κ2) is 8.08. The van der Waals surface area contributed by atoms with Crippen LogP contribution in [0.2, 0.25) is 0 Å². The van der Waals surface area contributed by atoms with Gasteiger partial charge in [0.2, 0.25) is 5.78 Å². The number of likely N-dealkylation sites (tertiary alicyclic amines) is 1. The zero-order valence-electron chi connectivity index (χ0n) is 16.0. The highest BCUT2D eigenvalue weighted by molar-refractivity contribution is 6.43. The summed E-state index contributed by atoms with van der Waals surface area (Å²) in [5.74, 6) is -4.08. The minimum atomic E-state index is -1.08. The third-order valence-corrected chi connectivity index (χ3v) is 4.69. The fraction of sp³-hybridized carbons (Fsp3) is 0.778. The van der Waals surface area contributed by atoms with Gasteiger partial charge in [-0.05, 0) is 11.8 Å². The van der Waals surface area contributed by atoms with Gasteiger partial charge in [0.1, 0.15) is 17.7 Å². The van der Waals surface area contributed by atoms with E-state index in [0.29, 0.717) is 12.8 Å². The standard InChI is InChI=1S/C18H30N2O5/c1-7-8-9-11(16(23)19-25)20-15(18(4,5)6)12(13(21)10(2)3)14(22)17(20)24/h10-12,15,25H,7-9H2,1-6H3,(H,19,23). The Kier molecular flexibility index (Phi) is 6.88. The number of Topliss-reactive ketones (excluding diaryl/α,β-unsaturated/α-hetero) is 2. The summed E-state index contributed by atoms with van der Waals surface area (Å²) < 4.78 is 0. The summed E-state index contributed by atoms with van der Waals surface area (Å²) in [6.07, 6.45) is 1.76. The maximum atomic E-state index is 12.7. The van der Waals surface area contributed by atoms with Crippen LogP contribution in [0.4, 0.5) is 0 Å². The number of amides is 2. The Morgan fingerprint density at radius 3 is 2.20 bits per heavy atom. The van der Waals surface area contributed by atoms with Crippen LogP contribution < -0.4 is 5.48 Å². The van der Waals surface area contributed by atoms with Crippen LogP contribution in [0.15, 0.2) is 0 Å². The number of ketones is 2. The van der Waals surface area contributed by atoms with E-state index in [1.165, 1.54) is 4.90 Å². The molecule has 0 radical (unpaired) electrons. The zero-order valence-corrected chi connectivity index (χ0v) is 16.0. The molecule has 1 aliphatic heterocycles. The highest BCUT2D eigenvalue weighted by atomic mass is 16.5. The van der Waals surface area contributed by atoms with Crippen molar-refractivity contribution in [2.45, 2.75) is 72.9 Å². The molecule has 0 aromatic carbocycles. The molecule has 0 bridgehead atoms. The van der Waals surface area contributed by atoms with E-state index in [2.05, 4.69) is 0 Å². The zero-order chi connectivity index (χ0) is 19.5. The second-order valence-electron chi connectivity index (χ2n) is 8.06. The number of carbonyl (C=O) groups is 4. The third-order valence-electron chi connectivity index (χ3n) is 4.69. The molecule has 2 N–H and O–H groups in total. The first kappa shape index (κ1) is 21.3. The molecular formula is C18H30N2O5. The SMILES string of the molecule is CCCCC(C(=O)NO)N1C(=O)C(=O)C(C(=O)C(C)C)C1C(C)(C)C. The van der Waals surface area contributed by atoms with Crippen LogP contribution in [0, 0.1) is 17.3 Å². The van der Waals surface area contributed by atoms with Crippen molar-refractivity contribution in [2.24, 2.45) is 17.3 Å². The number of nitrogens with one attached hydrogen (secondary N) is 1. The van der Waals surface area contributed by atoms with Crippen LogP contribution in [-0.4, -0.2) is 45.6 Å². The van der Waals surface area contributed by atoms with Crippen LogP contribution >= 0.6 is 0 Å². The first-order chi connectivity index (χ1) is 11.5. The molecular weight excluding hydrogens is 324 g/mol. The van der Waals surface area contributed by atoms with Gasteiger partial charge in [0.25, 0.3) is 11.8 Å². The van der Waals surface area contributed by atoms with Crippen molar-refractivity contribution in [3.63, 3.8) is 0 Å². The molecule has 0 spiro atoms. The van der Waals surface area contributed by atoms with Gasteiger partial charge < -0.3 is 4.90 Å². The fourth-order valence-electron chi connectivity index (χ4n) is 3.46. The average molecular weight is 354 g/mol. The molecule has 1 rings (SSSR count). The first-order valence-corrected chi connectivity index (χ1v) is 8.83. The van der Waals surface area contributed by atoms with E-state index >= 15 is 0 Å². The van der Waals surface area contributed by atoms with Gasteiger partial charge in [-0.2, -0.15) is 0 Å². The van der Waals surface area contributed by atoms with Crippen molar-refractivity contribution in [1.29, 1.82) is 0 Å². The summed E-state index contributed by atoms with van der Waals surface area (Å²) in [5.41, 5.74) is 1.01. The molecule has 1 saturated heterocycles. The Morgan fingerprint density at radius 1 is 1.24 bits per heavy atom. The molecule has 2 amide bonds. The predicted molar refractivity (Wildman–Crippen MR) is 91.7 cm³/mol. The van der Waals surface area contributed by atoms with Crippen LogP contribution in [-0.2, 0) is 19.2 Å². The van der Waals surface area contributed by atoms with Gasteiger partial charge >= 0.3 is 0 Å². The Labute approximate surface area is 149 Å². The van der Waals surface area contributed by atoms with Crippen molar-refractivity contribution in [3.8, 4) is 0 Å². The molecule has 3 unspecified atom stereocenters. The third kappa shape index (κ3) is 4.26. The number of hydrogen-bond donors (Lipinski definition) is 2. The lowest BCUT2D eigenvalue weighted by molar-refractivity contribution is -0.148. The molecule has 1 fully saturated rings. The normalized spacial score (nSPS) is 22.5. The van der Waals surface area contributed by atoms with Gasteiger partial charge in [-0.15, -0.1) is 0 Å². The minimum Gasteiger partial charge on any atom is -0.319 e. The van der Waals surface area contributed by atoms with E-state index in [0.717, 1.165) is 6.42 Å². The monoisotopic (exact) mass is 354 g/mol. The maximum Gasteiger partial charge on any atom is 0.291 e. The summed E-state index contributed by atoms with van der Waals surface area (Å²) in [7, 11) is 0. The van der Waals surface area contributed by atoms with E-state index in [9.17, 15) is 19.2 Å². The predicted octanol–water partition coefficient (Wildman–Crippen LogP) is 1.72. The van der Waals surface area contributed by atoms with E-state index in [1.807, 2.05) is 27.7 Å². The minimum absolute atomic E-state index is 0.292. The van der Waals surface area contributed by atoms with E-state index in [-0.39, 0.29) is 5.78 Å². The largest absolute Gasteiger partial charge is 0.319 e. The summed E-state index contributed by atoms with van der Waals surface area (Å²) in [5, 5.41) is 9.08. The lowest BCUT2D eigenvalue weighted by atomic mass is 9.75. The lowest BCUT2D eigenvalue weighted by Crippen LogP contribution is -2.55. The summed E-state index contributed by atoms with van der Waals surface area (Å²) in [6.45, 7) is 10.8. The molecule has 1 aliphatic rings. The molecule has 142 valence electrons. The van der Waals surface area contributed by atoms with Gasteiger partial charge in [0, 0.05) is 5.92 Å². The number of carbonyl (C=O) groups excluding carboxylic acids is 4. The van der Waals surface area contributed by atoms with Crippen LogP contribution in [0.1, 0.15) is 60.8 Å². The van der Waals surface area contributed by atoms with Crippen LogP contribution in [0.3, 0.4) is 0 Å². The van der Waals surface area contributed by atoms with Crippen LogP contribution in [0.25, 0.3) is 0 Å². The fourth-order valence-corrected chi connectivity index (χ4v) is 3.46. The van der Waals surface area contributed by atoms with Gasteiger partial charge in [0.15, 0.2) is 0 Å². The van der Waals surface area contributed by atoms with Crippen molar-refractivity contribution in [1.82, 2.24) is 10.4 Å². The molecule has 0 aliphatic carbocycles. The summed E-state index contributed by atoms with van der Waals surface area (Å²) in [6, 6.07) is -1.70. The van der Waals surface area contributed by atoms with Crippen molar-refractivity contribution < 1.29 is 24.4 Å². The lowest BCUT2D eigenvalue weighted by Gasteiger charge is -2.40.